The summed E-state index contributed by atoms with van der Waals surface area (Å²) < 4.78 is 40.7. The fourth-order valence-corrected chi connectivity index (χ4v) is 3.87. The lowest BCUT2D eigenvalue weighted by Crippen LogP contribution is -2.28. The molecule has 0 spiro atoms. The van der Waals surface area contributed by atoms with Gasteiger partial charge in [-0.3, -0.25) is 9.78 Å². The molecule has 0 bridgehead atoms. The Hall–Kier alpha value is -3.38. The Labute approximate surface area is 188 Å². The standard InChI is InChI=1S/C25H18ClF3N2O/c1-31(19-10-5-9-18(26)14-19)22(32)13-17-15-30-24-20(11-6-12-21(24)25(27,28)29)23(17)16-7-3-2-4-8-16/h2-12,14-15H,13H2,1H3. The van der Waals surface area contributed by atoms with Crippen molar-refractivity contribution in [1.82, 2.24) is 4.98 Å². The van der Waals surface area contributed by atoms with Crippen LogP contribution in [0, 0.1) is 0 Å². The summed E-state index contributed by atoms with van der Waals surface area (Å²) in [6, 6.07) is 19.9. The molecule has 162 valence electrons. The van der Waals surface area contributed by atoms with Crippen LogP contribution in [0.5, 0.6) is 0 Å². The number of aromatic nitrogens is 1. The second-order valence-electron chi connectivity index (χ2n) is 7.33. The van der Waals surface area contributed by atoms with Crippen LogP contribution in [-0.2, 0) is 17.4 Å². The van der Waals surface area contributed by atoms with Gasteiger partial charge in [0.15, 0.2) is 0 Å². The molecule has 1 amide bonds. The summed E-state index contributed by atoms with van der Waals surface area (Å²) in [5.41, 5.74) is 1.50. The van der Waals surface area contributed by atoms with Crippen LogP contribution in [0.1, 0.15) is 11.1 Å². The maximum atomic E-state index is 13.6. The van der Waals surface area contributed by atoms with Crippen LogP contribution >= 0.6 is 11.6 Å². The largest absolute Gasteiger partial charge is 0.418 e. The fraction of sp³-hybridized carbons (Fsp3) is 0.120. The molecule has 0 aliphatic heterocycles. The van der Waals surface area contributed by atoms with Crippen LogP contribution in [0.15, 0.2) is 79.0 Å². The molecule has 4 rings (SSSR count). The van der Waals surface area contributed by atoms with Crippen molar-refractivity contribution in [3.05, 3.63) is 95.1 Å². The minimum atomic E-state index is -4.54. The number of hydrogen-bond acceptors (Lipinski definition) is 2. The Morgan fingerprint density at radius 3 is 2.41 bits per heavy atom. The lowest BCUT2D eigenvalue weighted by molar-refractivity contribution is -0.136. The molecule has 0 atom stereocenters. The van der Waals surface area contributed by atoms with Gasteiger partial charge in [-0.15, -0.1) is 0 Å². The first kappa shape index (κ1) is 21.8. The fourth-order valence-electron chi connectivity index (χ4n) is 3.68. The van der Waals surface area contributed by atoms with E-state index >= 15 is 0 Å². The molecule has 0 aliphatic rings. The second kappa shape index (κ2) is 8.63. The monoisotopic (exact) mass is 454 g/mol. The van der Waals surface area contributed by atoms with Crippen LogP contribution in [0.3, 0.4) is 0 Å². The highest BCUT2D eigenvalue weighted by molar-refractivity contribution is 6.30. The molecule has 1 aromatic heterocycles. The molecule has 3 nitrogen and oxygen atoms in total. The zero-order valence-corrected chi connectivity index (χ0v) is 17.8. The predicted molar refractivity (Wildman–Crippen MR) is 121 cm³/mol. The third-order valence-electron chi connectivity index (χ3n) is 5.26. The smallest absolute Gasteiger partial charge is 0.315 e. The summed E-state index contributed by atoms with van der Waals surface area (Å²) in [7, 11) is 1.63. The summed E-state index contributed by atoms with van der Waals surface area (Å²) in [6.07, 6.45) is -3.21. The van der Waals surface area contributed by atoms with Crippen molar-refractivity contribution in [1.29, 1.82) is 0 Å². The number of rotatable bonds is 4. The number of nitrogens with zero attached hydrogens (tertiary/aromatic N) is 2. The summed E-state index contributed by atoms with van der Waals surface area (Å²) in [4.78, 5) is 18.6. The van der Waals surface area contributed by atoms with Gasteiger partial charge >= 0.3 is 6.18 Å². The first-order valence-corrected chi connectivity index (χ1v) is 10.2. The predicted octanol–water partition coefficient (Wildman–Crippen LogP) is 6.78. The normalized spacial score (nSPS) is 11.5. The molecular weight excluding hydrogens is 437 g/mol. The Balaban J connectivity index is 1.83. The number of pyridine rings is 1. The number of benzene rings is 3. The zero-order valence-electron chi connectivity index (χ0n) is 17.0. The van der Waals surface area contributed by atoms with Gasteiger partial charge < -0.3 is 4.90 Å². The SMILES string of the molecule is CN(C(=O)Cc1cnc2c(C(F)(F)F)cccc2c1-c1ccccc1)c1cccc(Cl)c1. The quantitative estimate of drug-likeness (QED) is 0.340. The van der Waals surface area contributed by atoms with Gasteiger partial charge in [-0.05, 0) is 41.0 Å². The molecule has 0 radical (unpaired) electrons. The van der Waals surface area contributed by atoms with Crippen molar-refractivity contribution in [3.8, 4) is 11.1 Å². The summed E-state index contributed by atoms with van der Waals surface area (Å²) in [6.45, 7) is 0. The maximum absolute atomic E-state index is 13.6. The van der Waals surface area contributed by atoms with Crippen LogP contribution in [-0.4, -0.2) is 17.9 Å². The highest BCUT2D eigenvalue weighted by Crippen LogP contribution is 2.38. The molecule has 0 unspecified atom stereocenters. The number of anilines is 1. The number of carbonyl (C=O) groups is 1. The van der Waals surface area contributed by atoms with Gasteiger partial charge in [0.05, 0.1) is 17.5 Å². The zero-order chi connectivity index (χ0) is 22.9. The number of fused-ring (bicyclic) bond motifs is 1. The van der Waals surface area contributed by atoms with E-state index in [9.17, 15) is 18.0 Å². The van der Waals surface area contributed by atoms with E-state index in [1.165, 1.54) is 17.2 Å². The minimum absolute atomic E-state index is 0.0353. The van der Waals surface area contributed by atoms with E-state index in [0.29, 0.717) is 32.8 Å². The van der Waals surface area contributed by atoms with E-state index in [-0.39, 0.29) is 17.8 Å². The Morgan fingerprint density at radius 1 is 1.00 bits per heavy atom. The summed E-state index contributed by atoms with van der Waals surface area (Å²) >= 11 is 6.04. The van der Waals surface area contributed by atoms with Crippen LogP contribution in [0.4, 0.5) is 18.9 Å². The molecule has 3 aromatic carbocycles. The first-order chi connectivity index (χ1) is 15.3. The number of likely N-dealkylation sites (N-methyl/N-ethyl adjacent to an activating group) is 1. The van der Waals surface area contributed by atoms with Crippen molar-refractivity contribution in [3.63, 3.8) is 0 Å². The molecule has 0 saturated heterocycles. The molecule has 0 N–H and O–H groups in total. The second-order valence-corrected chi connectivity index (χ2v) is 7.77. The Morgan fingerprint density at radius 2 is 1.72 bits per heavy atom. The van der Waals surface area contributed by atoms with Gasteiger partial charge in [-0.2, -0.15) is 13.2 Å². The maximum Gasteiger partial charge on any atom is 0.418 e. The third-order valence-corrected chi connectivity index (χ3v) is 5.49. The van der Waals surface area contributed by atoms with Gasteiger partial charge in [0.25, 0.3) is 0 Å². The van der Waals surface area contributed by atoms with Gasteiger partial charge in [-0.1, -0.05) is 60.1 Å². The Kier molecular flexibility index (Phi) is 5.89. The molecule has 7 heteroatoms. The lowest BCUT2D eigenvalue weighted by atomic mass is 9.93. The van der Waals surface area contributed by atoms with E-state index in [0.717, 1.165) is 6.07 Å². The average Bonchev–Trinajstić information content (AvgIpc) is 2.77. The molecule has 4 aromatic rings. The number of carbonyl (C=O) groups excluding carboxylic acids is 1. The average molecular weight is 455 g/mol. The number of alkyl halides is 3. The van der Waals surface area contributed by atoms with Crippen molar-refractivity contribution < 1.29 is 18.0 Å². The molecule has 0 saturated carbocycles. The minimum Gasteiger partial charge on any atom is -0.315 e. The van der Waals surface area contributed by atoms with Crippen molar-refractivity contribution >= 4 is 34.1 Å². The number of amides is 1. The number of para-hydroxylation sites is 1. The van der Waals surface area contributed by atoms with E-state index in [4.69, 9.17) is 11.6 Å². The Bertz CT molecular complexity index is 1290. The van der Waals surface area contributed by atoms with Crippen molar-refractivity contribution in [2.24, 2.45) is 0 Å². The van der Waals surface area contributed by atoms with Gasteiger partial charge in [0, 0.05) is 29.3 Å². The van der Waals surface area contributed by atoms with Gasteiger partial charge in [0.1, 0.15) is 0 Å². The third kappa shape index (κ3) is 4.32. The summed E-state index contributed by atoms with van der Waals surface area (Å²) in [5, 5.41) is 0.848. The van der Waals surface area contributed by atoms with E-state index < -0.39 is 11.7 Å². The van der Waals surface area contributed by atoms with E-state index in [1.54, 1.807) is 49.5 Å². The van der Waals surface area contributed by atoms with E-state index in [2.05, 4.69) is 4.98 Å². The molecule has 32 heavy (non-hydrogen) atoms. The molecule has 1 heterocycles. The number of hydrogen-bond donors (Lipinski definition) is 0. The highest BCUT2D eigenvalue weighted by atomic mass is 35.5. The van der Waals surface area contributed by atoms with Crippen LogP contribution in [0.25, 0.3) is 22.0 Å². The van der Waals surface area contributed by atoms with Crippen LogP contribution < -0.4 is 4.90 Å². The van der Waals surface area contributed by atoms with Crippen LogP contribution in [0.2, 0.25) is 5.02 Å². The van der Waals surface area contributed by atoms with Crippen molar-refractivity contribution in [2.45, 2.75) is 12.6 Å². The number of halogens is 4. The molecule has 0 fully saturated rings. The molecule has 0 aliphatic carbocycles. The van der Waals surface area contributed by atoms with Crippen molar-refractivity contribution in [2.75, 3.05) is 11.9 Å². The van der Waals surface area contributed by atoms with Gasteiger partial charge in [0.2, 0.25) is 5.91 Å². The molecular formula is C25H18ClF3N2O. The highest BCUT2D eigenvalue weighted by Gasteiger charge is 2.33. The lowest BCUT2D eigenvalue weighted by Gasteiger charge is -2.20. The first-order valence-electron chi connectivity index (χ1n) is 9.81. The van der Waals surface area contributed by atoms with E-state index in [1.807, 2.05) is 18.2 Å². The topological polar surface area (TPSA) is 33.2 Å². The summed E-state index contributed by atoms with van der Waals surface area (Å²) in [5.74, 6) is -0.238. The van der Waals surface area contributed by atoms with Gasteiger partial charge in [-0.25, -0.2) is 0 Å².